The van der Waals surface area contributed by atoms with Gasteiger partial charge in [0.15, 0.2) is 11.5 Å². The quantitative estimate of drug-likeness (QED) is 0.399. The summed E-state index contributed by atoms with van der Waals surface area (Å²) in [7, 11) is -3.21. The molecule has 2 N–H and O–H groups in total. The summed E-state index contributed by atoms with van der Waals surface area (Å²) < 4.78 is 45.0. The normalized spacial score (nSPS) is 16.7. The number of halogens is 1. The Morgan fingerprint density at radius 1 is 1.21 bits per heavy atom. The van der Waals surface area contributed by atoms with Crippen LogP contribution in [-0.4, -0.2) is 63.1 Å². The third-order valence-corrected chi connectivity index (χ3v) is 7.23. The van der Waals surface area contributed by atoms with Gasteiger partial charge in [0.25, 0.3) is 6.08 Å². The Labute approximate surface area is 195 Å². The van der Waals surface area contributed by atoms with Gasteiger partial charge in [-0.2, -0.15) is 9.37 Å². The zero-order valence-corrected chi connectivity index (χ0v) is 19.5. The lowest BCUT2D eigenvalue weighted by molar-refractivity contribution is 0.132. The molecule has 12 heteroatoms. The first kappa shape index (κ1) is 22.4. The maximum atomic E-state index is 13.6. The van der Waals surface area contributed by atoms with Crippen molar-refractivity contribution in [2.45, 2.75) is 31.9 Å². The molecule has 0 saturated carbocycles. The fraction of sp³-hybridized carbons (Fsp3) is 0.364. The lowest BCUT2D eigenvalue weighted by Crippen LogP contribution is -2.41. The number of nitrogens with zero attached hydrogens (tertiary/aromatic N) is 5. The lowest BCUT2D eigenvalue weighted by atomic mass is 10.1. The van der Waals surface area contributed by atoms with Gasteiger partial charge in [-0.1, -0.05) is 18.2 Å². The molecule has 1 saturated heterocycles. The largest absolute Gasteiger partial charge is 0.474 e. The first-order valence-electron chi connectivity index (χ1n) is 10.9. The highest BCUT2D eigenvalue weighted by atomic mass is 32.2. The Morgan fingerprint density at radius 2 is 1.97 bits per heavy atom. The smallest absolute Gasteiger partial charge is 0.289 e. The zero-order valence-electron chi connectivity index (χ0n) is 18.7. The van der Waals surface area contributed by atoms with Crippen LogP contribution >= 0.6 is 0 Å². The third-order valence-electron chi connectivity index (χ3n) is 5.93. The molecule has 10 nitrogen and oxygen atoms in total. The molecular weight excluding hydrogens is 461 g/mol. The number of imidazole rings is 1. The Balaban J connectivity index is 1.41. The first-order valence-corrected chi connectivity index (χ1v) is 12.8. The molecule has 0 aliphatic carbocycles. The predicted octanol–water partition coefficient (Wildman–Crippen LogP) is 3.02. The van der Waals surface area contributed by atoms with E-state index in [1.165, 1.54) is 16.9 Å². The van der Waals surface area contributed by atoms with Crippen LogP contribution in [0.5, 0.6) is 5.88 Å². The van der Waals surface area contributed by atoms with Crippen molar-refractivity contribution in [3.8, 4) is 5.88 Å². The molecule has 4 heterocycles. The van der Waals surface area contributed by atoms with Crippen LogP contribution in [0.15, 0.2) is 36.7 Å². The zero-order chi connectivity index (χ0) is 23.9. The molecule has 0 bridgehead atoms. The van der Waals surface area contributed by atoms with E-state index in [0.29, 0.717) is 48.8 Å². The summed E-state index contributed by atoms with van der Waals surface area (Å²) in [6.45, 7) is 2.76. The minimum Gasteiger partial charge on any atom is -0.474 e. The van der Waals surface area contributed by atoms with Gasteiger partial charge >= 0.3 is 0 Å². The van der Waals surface area contributed by atoms with Crippen LogP contribution < -0.4 is 10.1 Å². The summed E-state index contributed by atoms with van der Waals surface area (Å²) in [4.78, 5) is 19.2. The Kier molecular flexibility index (Phi) is 5.78. The van der Waals surface area contributed by atoms with E-state index >= 15 is 0 Å². The van der Waals surface area contributed by atoms with E-state index in [1.807, 2.05) is 37.3 Å². The number of rotatable bonds is 6. The second-order valence-electron chi connectivity index (χ2n) is 8.37. The highest BCUT2D eigenvalue weighted by Crippen LogP contribution is 2.31. The number of pyridine rings is 1. The standard InChI is InChI=1S/C22H24FN7O3S/c1-13(26-19-18-20(25-12-24-19)29-22(23)28-18)17-11-14-5-3-4-6-16(14)21(27-17)33-15-7-9-30(10-8-15)34(2,31)32/h3-6,11-13,15H,7-10H2,1-2H3,(H2,24,25,26,28,29). The Hall–Kier alpha value is -3.38. The molecule has 1 aliphatic heterocycles. The van der Waals surface area contributed by atoms with Gasteiger partial charge in [0.05, 0.1) is 18.0 Å². The summed E-state index contributed by atoms with van der Waals surface area (Å²) >= 11 is 0. The molecule has 0 radical (unpaired) electrons. The number of H-pyrrole nitrogens is 1. The molecule has 3 aromatic heterocycles. The fourth-order valence-corrected chi connectivity index (χ4v) is 5.00. The number of anilines is 1. The fourth-order valence-electron chi connectivity index (χ4n) is 4.13. The number of piperidine rings is 1. The molecule has 1 atom stereocenters. The number of hydrogen-bond acceptors (Lipinski definition) is 8. The van der Waals surface area contributed by atoms with Crippen molar-refractivity contribution < 1.29 is 17.5 Å². The van der Waals surface area contributed by atoms with E-state index in [-0.39, 0.29) is 17.8 Å². The van der Waals surface area contributed by atoms with Crippen LogP contribution in [0, 0.1) is 6.08 Å². The van der Waals surface area contributed by atoms with E-state index in [1.54, 1.807) is 0 Å². The van der Waals surface area contributed by atoms with E-state index in [0.717, 1.165) is 10.8 Å². The van der Waals surface area contributed by atoms with Gasteiger partial charge < -0.3 is 15.0 Å². The summed E-state index contributed by atoms with van der Waals surface area (Å²) in [5.41, 5.74) is 1.33. The number of sulfonamides is 1. The molecule has 1 unspecified atom stereocenters. The summed E-state index contributed by atoms with van der Waals surface area (Å²) in [5, 5.41) is 5.09. The van der Waals surface area contributed by atoms with Gasteiger partial charge in [-0.3, -0.25) is 0 Å². The van der Waals surface area contributed by atoms with E-state index in [4.69, 9.17) is 9.72 Å². The lowest BCUT2D eigenvalue weighted by Gasteiger charge is -2.30. The third kappa shape index (κ3) is 4.50. The van der Waals surface area contributed by atoms with Gasteiger partial charge in [-0.05, 0) is 37.3 Å². The van der Waals surface area contributed by atoms with Gasteiger partial charge in [0, 0.05) is 18.5 Å². The predicted molar refractivity (Wildman–Crippen MR) is 125 cm³/mol. The van der Waals surface area contributed by atoms with E-state index in [2.05, 4.69) is 25.3 Å². The average molecular weight is 486 g/mol. The number of fused-ring (bicyclic) bond motifs is 2. The molecule has 5 rings (SSSR count). The minimum atomic E-state index is -3.21. The number of ether oxygens (including phenoxy) is 1. The van der Waals surface area contributed by atoms with Gasteiger partial charge in [-0.25, -0.2) is 27.7 Å². The van der Waals surface area contributed by atoms with Crippen LogP contribution in [0.1, 0.15) is 31.5 Å². The molecule has 0 spiro atoms. The highest BCUT2D eigenvalue weighted by molar-refractivity contribution is 7.88. The number of aromatic amines is 1. The number of hydrogen-bond donors (Lipinski definition) is 2. The van der Waals surface area contributed by atoms with Crippen molar-refractivity contribution in [2.24, 2.45) is 0 Å². The molecule has 4 aromatic rings. The molecule has 1 aliphatic rings. The number of aromatic nitrogens is 5. The van der Waals surface area contributed by atoms with Crippen LogP contribution in [0.25, 0.3) is 21.9 Å². The van der Waals surface area contributed by atoms with Crippen molar-refractivity contribution in [1.82, 2.24) is 29.2 Å². The average Bonchev–Trinajstić information content (AvgIpc) is 3.20. The second-order valence-corrected chi connectivity index (χ2v) is 10.3. The number of benzene rings is 1. The number of nitrogens with one attached hydrogen (secondary N) is 2. The SMILES string of the molecule is CC(Nc1ncnc2nc(F)[nH]c12)c1cc2ccccc2c(OC2CCN(S(C)(=O)=O)CC2)n1. The molecule has 0 amide bonds. The van der Waals surface area contributed by atoms with Crippen LogP contribution in [0.4, 0.5) is 10.2 Å². The minimum absolute atomic E-state index is 0.137. The molecule has 178 valence electrons. The topological polar surface area (TPSA) is 126 Å². The Bertz CT molecular complexity index is 1450. The monoisotopic (exact) mass is 485 g/mol. The van der Waals surface area contributed by atoms with Crippen LogP contribution in [0.3, 0.4) is 0 Å². The van der Waals surface area contributed by atoms with Crippen molar-refractivity contribution in [3.05, 3.63) is 48.4 Å². The van der Waals surface area contributed by atoms with Gasteiger partial charge in [0.1, 0.15) is 17.9 Å². The van der Waals surface area contributed by atoms with E-state index in [9.17, 15) is 12.8 Å². The maximum absolute atomic E-state index is 13.6. The van der Waals surface area contributed by atoms with Crippen molar-refractivity contribution in [3.63, 3.8) is 0 Å². The van der Waals surface area contributed by atoms with Crippen molar-refractivity contribution in [1.29, 1.82) is 0 Å². The molecular formula is C22H24FN7O3S. The highest BCUT2D eigenvalue weighted by Gasteiger charge is 2.27. The van der Waals surface area contributed by atoms with Gasteiger partial charge in [-0.15, -0.1) is 0 Å². The van der Waals surface area contributed by atoms with Gasteiger partial charge in [0.2, 0.25) is 15.9 Å². The first-order chi connectivity index (χ1) is 16.3. The van der Waals surface area contributed by atoms with Crippen LogP contribution in [-0.2, 0) is 10.0 Å². The maximum Gasteiger partial charge on any atom is 0.289 e. The summed E-state index contributed by atoms with van der Waals surface area (Å²) in [6, 6.07) is 9.49. The molecule has 1 aromatic carbocycles. The summed E-state index contributed by atoms with van der Waals surface area (Å²) in [6.07, 6.45) is 2.86. The Morgan fingerprint density at radius 3 is 2.74 bits per heavy atom. The summed E-state index contributed by atoms with van der Waals surface area (Å²) in [5.74, 6) is 0.916. The van der Waals surface area contributed by atoms with Crippen molar-refractivity contribution >= 4 is 37.8 Å². The molecule has 34 heavy (non-hydrogen) atoms. The molecule has 1 fully saturated rings. The van der Waals surface area contributed by atoms with Crippen LogP contribution in [0.2, 0.25) is 0 Å². The second kappa shape index (κ2) is 8.76. The van der Waals surface area contributed by atoms with E-state index < -0.39 is 16.1 Å². The van der Waals surface area contributed by atoms with Crippen molar-refractivity contribution in [2.75, 3.05) is 24.7 Å².